The number of aromatic nitrogens is 1. The van der Waals surface area contributed by atoms with E-state index >= 15 is 0 Å². The standard InChI is InChI=1S/C14H11ClN2OS2/c1-8-5-6-9(15)12-11(8)17(2)14(20-12)16-13(18)10-4-3-7-19-10/h3-7H,1-2H3. The van der Waals surface area contributed by atoms with E-state index in [1.807, 2.05) is 42.1 Å². The fraction of sp³-hybridized carbons (Fsp3) is 0.143. The van der Waals surface area contributed by atoms with Crippen molar-refractivity contribution in [3.8, 4) is 0 Å². The molecule has 1 amide bonds. The Morgan fingerprint density at radius 1 is 1.35 bits per heavy atom. The summed E-state index contributed by atoms with van der Waals surface area (Å²) in [5.74, 6) is -0.212. The van der Waals surface area contributed by atoms with E-state index in [-0.39, 0.29) is 5.91 Å². The van der Waals surface area contributed by atoms with Crippen LogP contribution in [0.25, 0.3) is 10.2 Å². The number of thiazole rings is 1. The molecule has 20 heavy (non-hydrogen) atoms. The highest BCUT2D eigenvalue weighted by atomic mass is 35.5. The molecular formula is C14H11ClN2OS2. The summed E-state index contributed by atoms with van der Waals surface area (Å²) in [6.45, 7) is 2.02. The van der Waals surface area contributed by atoms with Crippen LogP contribution in [-0.4, -0.2) is 10.5 Å². The Balaban J connectivity index is 2.23. The Bertz CT molecular complexity index is 859. The molecule has 0 atom stereocenters. The van der Waals surface area contributed by atoms with Crippen LogP contribution < -0.4 is 4.80 Å². The molecule has 0 saturated carbocycles. The van der Waals surface area contributed by atoms with Gasteiger partial charge in [0, 0.05) is 7.05 Å². The number of aryl methyl sites for hydroxylation is 2. The van der Waals surface area contributed by atoms with Crippen LogP contribution in [0.3, 0.4) is 0 Å². The largest absolute Gasteiger partial charge is 0.319 e. The Labute approximate surface area is 128 Å². The number of amides is 1. The molecule has 0 aliphatic rings. The van der Waals surface area contributed by atoms with Crippen molar-refractivity contribution in [2.75, 3.05) is 0 Å². The van der Waals surface area contributed by atoms with Gasteiger partial charge in [-0.25, -0.2) is 0 Å². The number of benzene rings is 1. The summed E-state index contributed by atoms with van der Waals surface area (Å²) in [7, 11) is 1.91. The second kappa shape index (κ2) is 5.16. The number of thiophene rings is 1. The van der Waals surface area contributed by atoms with Crippen molar-refractivity contribution >= 4 is 50.4 Å². The van der Waals surface area contributed by atoms with Crippen LogP contribution in [0.2, 0.25) is 5.02 Å². The second-order valence-corrected chi connectivity index (χ2v) is 6.71. The molecule has 0 radical (unpaired) electrons. The maximum absolute atomic E-state index is 12.1. The van der Waals surface area contributed by atoms with Crippen molar-refractivity contribution in [3.05, 3.63) is 49.9 Å². The monoisotopic (exact) mass is 322 g/mol. The van der Waals surface area contributed by atoms with Gasteiger partial charge >= 0.3 is 0 Å². The Morgan fingerprint density at radius 2 is 2.15 bits per heavy atom. The molecule has 0 fully saturated rings. The molecule has 0 saturated heterocycles. The predicted molar refractivity (Wildman–Crippen MR) is 84.8 cm³/mol. The van der Waals surface area contributed by atoms with Gasteiger partial charge < -0.3 is 4.57 Å². The summed E-state index contributed by atoms with van der Waals surface area (Å²) >= 11 is 9.06. The molecule has 3 nitrogen and oxygen atoms in total. The Hall–Kier alpha value is -1.43. The van der Waals surface area contributed by atoms with E-state index in [0.29, 0.717) is 14.7 Å². The normalized spacial score (nSPS) is 12.2. The highest BCUT2D eigenvalue weighted by molar-refractivity contribution is 7.17. The van der Waals surface area contributed by atoms with Crippen LogP contribution in [0, 0.1) is 6.92 Å². The molecule has 3 aromatic rings. The number of hydrogen-bond donors (Lipinski definition) is 0. The zero-order valence-corrected chi connectivity index (χ0v) is 13.3. The van der Waals surface area contributed by atoms with Gasteiger partial charge in [0.1, 0.15) is 0 Å². The summed E-state index contributed by atoms with van der Waals surface area (Å²) in [5.41, 5.74) is 2.15. The van der Waals surface area contributed by atoms with Gasteiger partial charge in [-0.05, 0) is 30.0 Å². The Kier molecular flexibility index (Phi) is 3.50. The van der Waals surface area contributed by atoms with Crippen LogP contribution >= 0.6 is 34.3 Å². The second-order valence-electron chi connectivity index (χ2n) is 4.38. The van der Waals surface area contributed by atoms with Gasteiger partial charge in [0.25, 0.3) is 5.91 Å². The summed E-state index contributed by atoms with van der Waals surface area (Å²) in [6, 6.07) is 7.48. The number of carbonyl (C=O) groups is 1. The van der Waals surface area contributed by atoms with Crippen LogP contribution in [0.15, 0.2) is 34.6 Å². The molecule has 0 unspecified atom stereocenters. The first-order valence-corrected chi connectivity index (χ1v) is 8.02. The van der Waals surface area contributed by atoms with Gasteiger partial charge in [0.15, 0.2) is 4.80 Å². The van der Waals surface area contributed by atoms with E-state index in [4.69, 9.17) is 11.6 Å². The average Bonchev–Trinajstić information content (AvgIpc) is 3.04. The number of fused-ring (bicyclic) bond motifs is 1. The van der Waals surface area contributed by atoms with E-state index in [9.17, 15) is 4.79 Å². The van der Waals surface area contributed by atoms with Crippen molar-refractivity contribution in [1.82, 2.24) is 4.57 Å². The highest BCUT2D eigenvalue weighted by Crippen LogP contribution is 2.28. The third-order valence-electron chi connectivity index (χ3n) is 3.03. The highest BCUT2D eigenvalue weighted by Gasteiger charge is 2.11. The minimum Gasteiger partial charge on any atom is -0.319 e. The number of rotatable bonds is 1. The van der Waals surface area contributed by atoms with E-state index < -0.39 is 0 Å². The molecule has 0 aliphatic carbocycles. The van der Waals surface area contributed by atoms with Crippen molar-refractivity contribution in [3.63, 3.8) is 0 Å². The molecule has 3 rings (SSSR count). The SMILES string of the molecule is Cc1ccc(Cl)c2sc(=NC(=O)c3cccs3)n(C)c12. The van der Waals surface area contributed by atoms with Gasteiger partial charge in [-0.3, -0.25) is 4.79 Å². The van der Waals surface area contributed by atoms with Crippen LogP contribution in [0.5, 0.6) is 0 Å². The zero-order valence-electron chi connectivity index (χ0n) is 10.9. The van der Waals surface area contributed by atoms with Crippen molar-refractivity contribution in [2.45, 2.75) is 6.92 Å². The molecule has 1 aromatic carbocycles. The molecule has 0 bridgehead atoms. The van der Waals surface area contributed by atoms with Crippen LogP contribution in [0.4, 0.5) is 0 Å². The number of hydrogen-bond acceptors (Lipinski definition) is 3. The van der Waals surface area contributed by atoms with Crippen LogP contribution in [-0.2, 0) is 7.05 Å². The topological polar surface area (TPSA) is 34.4 Å². The summed E-state index contributed by atoms with van der Waals surface area (Å²) in [6.07, 6.45) is 0. The summed E-state index contributed by atoms with van der Waals surface area (Å²) in [4.78, 5) is 17.6. The van der Waals surface area contributed by atoms with Crippen molar-refractivity contribution in [2.24, 2.45) is 12.0 Å². The van der Waals surface area contributed by atoms with E-state index in [1.54, 1.807) is 6.07 Å². The van der Waals surface area contributed by atoms with Gasteiger partial charge in [-0.2, -0.15) is 4.99 Å². The smallest absolute Gasteiger partial charge is 0.289 e. The van der Waals surface area contributed by atoms with Gasteiger partial charge in [0.2, 0.25) is 0 Å². The molecule has 102 valence electrons. The quantitative estimate of drug-likeness (QED) is 0.666. The fourth-order valence-electron chi connectivity index (χ4n) is 2.05. The predicted octanol–water partition coefficient (Wildman–Crippen LogP) is 4.00. The van der Waals surface area contributed by atoms with Crippen molar-refractivity contribution < 1.29 is 4.79 Å². The summed E-state index contributed by atoms with van der Waals surface area (Å²) < 4.78 is 2.89. The molecule has 0 spiro atoms. The lowest BCUT2D eigenvalue weighted by Gasteiger charge is -2.00. The molecule has 2 heterocycles. The first-order valence-electron chi connectivity index (χ1n) is 5.95. The van der Waals surface area contributed by atoms with Gasteiger partial charge in [-0.1, -0.05) is 35.1 Å². The first-order chi connectivity index (χ1) is 9.58. The van der Waals surface area contributed by atoms with Gasteiger partial charge in [-0.15, -0.1) is 11.3 Å². The first kappa shape index (κ1) is 13.5. The fourth-order valence-corrected chi connectivity index (χ4v) is 4.03. The molecule has 2 aromatic heterocycles. The minimum absolute atomic E-state index is 0.212. The lowest BCUT2D eigenvalue weighted by molar-refractivity contribution is 0.100. The van der Waals surface area contributed by atoms with Gasteiger partial charge in [0.05, 0.1) is 20.1 Å². The Morgan fingerprint density at radius 3 is 2.80 bits per heavy atom. The minimum atomic E-state index is -0.212. The lowest BCUT2D eigenvalue weighted by Crippen LogP contribution is -2.13. The molecular weight excluding hydrogens is 312 g/mol. The maximum Gasteiger partial charge on any atom is 0.289 e. The summed E-state index contributed by atoms with van der Waals surface area (Å²) in [5, 5.41) is 2.56. The third kappa shape index (κ3) is 2.22. The average molecular weight is 323 g/mol. The molecule has 0 N–H and O–H groups in total. The third-order valence-corrected chi connectivity index (χ3v) is 5.48. The van der Waals surface area contributed by atoms with Crippen LogP contribution in [0.1, 0.15) is 15.2 Å². The maximum atomic E-state index is 12.1. The number of carbonyl (C=O) groups excluding carboxylic acids is 1. The molecule has 6 heteroatoms. The lowest BCUT2D eigenvalue weighted by atomic mass is 10.2. The number of halogens is 1. The molecule has 0 aliphatic heterocycles. The van der Waals surface area contributed by atoms with E-state index in [0.717, 1.165) is 15.8 Å². The van der Waals surface area contributed by atoms with E-state index in [1.165, 1.54) is 22.7 Å². The number of nitrogens with zero attached hydrogens (tertiary/aromatic N) is 2. The van der Waals surface area contributed by atoms with E-state index in [2.05, 4.69) is 4.99 Å². The van der Waals surface area contributed by atoms with Crippen molar-refractivity contribution in [1.29, 1.82) is 0 Å². The zero-order chi connectivity index (χ0) is 14.3.